The van der Waals surface area contributed by atoms with Gasteiger partial charge in [0, 0.05) is 5.70 Å². The minimum atomic E-state index is -0.813. The van der Waals surface area contributed by atoms with Crippen LogP contribution < -0.4 is 5.73 Å². The number of aliphatic carboxylic acids is 1. The SMILES string of the molecule is NC1=CC(C(=O)O)CC=C1. The zero-order chi connectivity index (χ0) is 7.56. The summed E-state index contributed by atoms with van der Waals surface area (Å²) in [6, 6.07) is 0. The molecule has 0 fully saturated rings. The lowest BCUT2D eigenvalue weighted by Gasteiger charge is -2.08. The van der Waals surface area contributed by atoms with Gasteiger partial charge in [0.1, 0.15) is 0 Å². The molecule has 0 aliphatic heterocycles. The van der Waals surface area contributed by atoms with E-state index in [2.05, 4.69) is 0 Å². The normalized spacial score (nSPS) is 24.0. The molecule has 1 aliphatic carbocycles. The molecule has 0 saturated carbocycles. The van der Waals surface area contributed by atoms with Crippen LogP contribution in [-0.4, -0.2) is 11.1 Å². The molecule has 1 rings (SSSR count). The van der Waals surface area contributed by atoms with E-state index in [0.29, 0.717) is 12.1 Å². The third-order valence-electron chi connectivity index (χ3n) is 1.41. The van der Waals surface area contributed by atoms with Crippen molar-refractivity contribution in [1.29, 1.82) is 0 Å². The molecule has 3 N–H and O–H groups in total. The lowest BCUT2D eigenvalue weighted by Crippen LogP contribution is -2.14. The minimum Gasteiger partial charge on any atom is -0.481 e. The highest BCUT2D eigenvalue weighted by Crippen LogP contribution is 2.13. The Bertz CT molecular complexity index is 206. The summed E-state index contributed by atoms with van der Waals surface area (Å²) < 4.78 is 0. The van der Waals surface area contributed by atoms with Gasteiger partial charge in [-0.05, 0) is 18.6 Å². The van der Waals surface area contributed by atoms with E-state index in [9.17, 15) is 4.79 Å². The molecule has 0 amide bonds. The van der Waals surface area contributed by atoms with Crippen molar-refractivity contribution in [3.8, 4) is 0 Å². The number of carbonyl (C=O) groups is 1. The first-order chi connectivity index (χ1) is 4.70. The molecule has 0 heterocycles. The molecule has 0 aromatic heterocycles. The van der Waals surface area contributed by atoms with Crippen molar-refractivity contribution in [2.45, 2.75) is 6.42 Å². The fourth-order valence-electron chi connectivity index (χ4n) is 0.879. The predicted octanol–water partition coefficient (Wildman–Crippen LogP) is 0.490. The number of carboxylic acids is 1. The highest BCUT2D eigenvalue weighted by molar-refractivity contribution is 5.73. The van der Waals surface area contributed by atoms with Crippen LogP contribution in [0.5, 0.6) is 0 Å². The first-order valence-electron chi connectivity index (χ1n) is 3.07. The van der Waals surface area contributed by atoms with Gasteiger partial charge in [0.05, 0.1) is 5.92 Å². The van der Waals surface area contributed by atoms with Crippen LogP contribution in [0.3, 0.4) is 0 Å². The highest BCUT2D eigenvalue weighted by Gasteiger charge is 2.14. The molecule has 3 heteroatoms. The third-order valence-corrected chi connectivity index (χ3v) is 1.41. The maximum Gasteiger partial charge on any atom is 0.310 e. The second kappa shape index (κ2) is 2.56. The summed E-state index contributed by atoms with van der Waals surface area (Å²) in [6.45, 7) is 0. The van der Waals surface area contributed by atoms with Crippen LogP contribution in [0.25, 0.3) is 0 Å². The van der Waals surface area contributed by atoms with E-state index in [1.165, 1.54) is 0 Å². The quantitative estimate of drug-likeness (QED) is 0.555. The van der Waals surface area contributed by atoms with Gasteiger partial charge in [-0.25, -0.2) is 0 Å². The van der Waals surface area contributed by atoms with Crippen LogP contribution in [0.1, 0.15) is 6.42 Å². The molecule has 0 saturated heterocycles. The van der Waals surface area contributed by atoms with Gasteiger partial charge in [-0.2, -0.15) is 0 Å². The summed E-state index contributed by atoms with van der Waals surface area (Å²) in [5.74, 6) is -1.24. The van der Waals surface area contributed by atoms with Gasteiger partial charge in [-0.3, -0.25) is 4.79 Å². The lowest BCUT2D eigenvalue weighted by atomic mass is 10.00. The first kappa shape index (κ1) is 6.86. The van der Waals surface area contributed by atoms with Gasteiger partial charge in [0.2, 0.25) is 0 Å². The molecule has 3 nitrogen and oxygen atoms in total. The van der Waals surface area contributed by atoms with Crippen LogP contribution in [0, 0.1) is 5.92 Å². The van der Waals surface area contributed by atoms with Gasteiger partial charge in [0.15, 0.2) is 0 Å². The molecule has 0 radical (unpaired) electrons. The van der Waals surface area contributed by atoms with E-state index in [1.807, 2.05) is 0 Å². The molecule has 0 spiro atoms. The topological polar surface area (TPSA) is 63.3 Å². The monoisotopic (exact) mass is 139 g/mol. The second-order valence-electron chi connectivity index (χ2n) is 2.25. The third kappa shape index (κ3) is 1.37. The number of hydrogen-bond donors (Lipinski definition) is 2. The zero-order valence-electron chi connectivity index (χ0n) is 5.45. The average molecular weight is 139 g/mol. The zero-order valence-corrected chi connectivity index (χ0v) is 5.45. The van der Waals surface area contributed by atoms with Crippen molar-refractivity contribution in [1.82, 2.24) is 0 Å². The fourth-order valence-corrected chi connectivity index (χ4v) is 0.879. The molecule has 1 aliphatic rings. The van der Waals surface area contributed by atoms with E-state index in [0.717, 1.165) is 0 Å². The minimum absolute atomic E-state index is 0.426. The largest absolute Gasteiger partial charge is 0.481 e. The molecular weight excluding hydrogens is 130 g/mol. The molecule has 0 aromatic rings. The standard InChI is InChI=1S/C7H9NO2/c8-6-3-1-2-5(4-6)7(9)10/h1,3-5H,2,8H2,(H,9,10). The summed E-state index contributed by atoms with van der Waals surface area (Å²) in [4.78, 5) is 10.4. The van der Waals surface area contributed by atoms with E-state index in [-0.39, 0.29) is 0 Å². The Hall–Kier alpha value is -1.25. The Morgan fingerprint density at radius 3 is 2.90 bits per heavy atom. The van der Waals surface area contributed by atoms with E-state index in [1.54, 1.807) is 18.2 Å². The van der Waals surface area contributed by atoms with E-state index < -0.39 is 11.9 Å². The van der Waals surface area contributed by atoms with Crippen molar-refractivity contribution in [2.24, 2.45) is 11.7 Å². The Morgan fingerprint density at radius 1 is 1.80 bits per heavy atom. The molecule has 54 valence electrons. The van der Waals surface area contributed by atoms with Gasteiger partial charge >= 0.3 is 5.97 Å². The molecule has 10 heavy (non-hydrogen) atoms. The predicted molar refractivity (Wildman–Crippen MR) is 37.2 cm³/mol. The highest BCUT2D eigenvalue weighted by atomic mass is 16.4. The maximum atomic E-state index is 10.4. The van der Waals surface area contributed by atoms with Crippen LogP contribution >= 0.6 is 0 Å². The maximum absolute atomic E-state index is 10.4. The number of nitrogens with two attached hydrogens (primary N) is 1. The van der Waals surface area contributed by atoms with E-state index >= 15 is 0 Å². The number of hydrogen-bond acceptors (Lipinski definition) is 2. The second-order valence-corrected chi connectivity index (χ2v) is 2.25. The van der Waals surface area contributed by atoms with Crippen molar-refractivity contribution in [3.05, 3.63) is 23.9 Å². The van der Waals surface area contributed by atoms with Crippen LogP contribution in [0.15, 0.2) is 23.9 Å². The fraction of sp³-hybridized carbons (Fsp3) is 0.286. The summed E-state index contributed by atoms with van der Waals surface area (Å²) in [7, 11) is 0. The summed E-state index contributed by atoms with van der Waals surface area (Å²) in [5.41, 5.74) is 5.91. The number of rotatable bonds is 1. The molecular formula is C7H9NO2. The average Bonchev–Trinajstić information content (AvgIpc) is 1.88. The van der Waals surface area contributed by atoms with Crippen molar-refractivity contribution >= 4 is 5.97 Å². The summed E-state index contributed by atoms with van der Waals surface area (Å²) in [6.07, 6.45) is 5.60. The molecule has 1 unspecified atom stereocenters. The Kier molecular flexibility index (Phi) is 1.76. The molecule has 0 aromatic carbocycles. The number of carboxylic acid groups (broad SMARTS) is 1. The first-order valence-corrected chi connectivity index (χ1v) is 3.07. The van der Waals surface area contributed by atoms with E-state index in [4.69, 9.17) is 10.8 Å². The Morgan fingerprint density at radius 2 is 2.50 bits per heavy atom. The Labute approximate surface area is 58.8 Å². The summed E-state index contributed by atoms with van der Waals surface area (Å²) in [5, 5.41) is 8.52. The van der Waals surface area contributed by atoms with Crippen molar-refractivity contribution < 1.29 is 9.90 Å². The van der Waals surface area contributed by atoms with Gasteiger partial charge in [0.25, 0.3) is 0 Å². The van der Waals surface area contributed by atoms with Gasteiger partial charge in [-0.15, -0.1) is 0 Å². The lowest BCUT2D eigenvalue weighted by molar-refractivity contribution is -0.140. The van der Waals surface area contributed by atoms with Crippen LogP contribution in [0.4, 0.5) is 0 Å². The Balaban J connectivity index is 2.69. The van der Waals surface area contributed by atoms with Gasteiger partial charge in [-0.1, -0.05) is 6.08 Å². The van der Waals surface area contributed by atoms with Crippen molar-refractivity contribution in [2.75, 3.05) is 0 Å². The van der Waals surface area contributed by atoms with Crippen LogP contribution in [0.2, 0.25) is 0 Å². The van der Waals surface area contributed by atoms with Crippen molar-refractivity contribution in [3.63, 3.8) is 0 Å². The van der Waals surface area contributed by atoms with Crippen LogP contribution in [-0.2, 0) is 4.79 Å². The van der Waals surface area contributed by atoms with Gasteiger partial charge < -0.3 is 10.8 Å². The molecule has 1 atom stereocenters. The smallest absolute Gasteiger partial charge is 0.310 e. The summed E-state index contributed by atoms with van der Waals surface area (Å²) >= 11 is 0. The molecule has 0 bridgehead atoms. The number of allylic oxidation sites excluding steroid dienone is 2.